The molecule has 6 aromatic rings. The second kappa shape index (κ2) is 7.11. The standard InChI is InChI=1S/C30H20N2/c1-20-15-22-9-11-24-17-28(18-25-12-10-23(16-20)29(22)30(24)25)32(26-5-3-2-4-6-26)27-13-7-21(19-31)8-14-27/h2-18H,1H3. The molecule has 0 bridgehead atoms. The first-order valence-electron chi connectivity index (χ1n) is 10.8. The molecule has 2 nitrogen and oxygen atoms in total. The molecule has 0 amide bonds. The Bertz CT molecular complexity index is 1560. The van der Waals surface area contributed by atoms with E-state index in [4.69, 9.17) is 0 Å². The first-order valence-corrected chi connectivity index (χ1v) is 10.8. The van der Waals surface area contributed by atoms with E-state index in [0.717, 1.165) is 17.1 Å². The summed E-state index contributed by atoms with van der Waals surface area (Å²) >= 11 is 0. The topological polar surface area (TPSA) is 27.0 Å². The minimum absolute atomic E-state index is 0.660. The van der Waals surface area contributed by atoms with E-state index in [9.17, 15) is 5.26 Å². The molecule has 0 aliphatic carbocycles. The van der Waals surface area contributed by atoms with Gasteiger partial charge in [-0.1, -0.05) is 54.6 Å². The molecule has 0 atom stereocenters. The number of benzene rings is 6. The number of para-hydroxylation sites is 1. The molecule has 0 aromatic heterocycles. The van der Waals surface area contributed by atoms with Crippen molar-refractivity contribution in [3.8, 4) is 6.07 Å². The number of rotatable bonds is 3. The van der Waals surface area contributed by atoms with E-state index in [0.29, 0.717) is 5.56 Å². The summed E-state index contributed by atoms with van der Waals surface area (Å²) in [6.45, 7) is 2.15. The maximum absolute atomic E-state index is 9.23. The van der Waals surface area contributed by atoms with Crippen LogP contribution in [-0.4, -0.2) is 0 Å². The van der Waals surface area contributed by atoms with Gasteiger partial charge in [0, 0.05) is 17.1 Å². The predicted molar refractivity (Wildman–Crippen MR) is 134 cm³/mol. The summed E-state index contributed by atoms with van der Waals surface area (Å²) in [6.07, 6.45) is 0. The van der Waals surface area contributed by atoms with Gasteiger partial charge in [0.2, 0.25) is 0 Å². The summed E-state index contributed by atoms with van der Waals surface area (Å²) in [6, 6.07) is 38.4. The summed E-state index contributed by atoms with van der Waals surface area (Å²) in [5, 5.41) is 16.9. The van der Waals surface area contributed by atoms with Crippen molar-refractivity contribution >= 4 is 49.4 Å². The van der Waals surface area contributed by atoms with Gasteiger partial charge >= 0.3 is 0 Å². The van der Waals surface area contributed by atoms with Crippen LogP contribution in [-0.2, 0) is 0 Å². The molecule has 0 unspecified atom stereocenters. The minimum atomic E-state index is 0.660. The van der Waals surface area contributed by atoms with E-state index in [-0.39, 0.29) is 0 Å². The molecular formula is C30H20N2. The van der Waals surface area contributed by atoms with Crippen molar-refractivity contribution in [2.24, 2.45) is 0 Å². The first-order chi connectivity index (χ1) is 15.7. The van der Waals surface area contributed by atoms with Crippen LogP contribution in [0.3, 0.4) is 0 Å². The highest BCUT2D eigenvalue weighted by atomic mass is 15.1. The number of nitrogens with zero attached hydrogens (tertiary/aromatic N) is 2. The summed E-state index contributed by atoms with van der Waals surface area (Å²) in [5.74, 6) is 0. The van der Waals surface area contributed by atoms with Gasteiger partial charge in [0.1, 0.15) is 0 Å². The van der Waals surface area contributed by atoms with Gasteiger partial charge in [-0.3, -0.25) is 0 Å². The SMILES string of the molecule is Cc1cc2ccc3cc(N(c4ccccc4)c4ccc(C#N)cc4)cc4ccc(c1)c2c34. The van der Waals surface area contributed by atoms with Crippen LogP contribution < -0.4 is 4.90 Å². The molecule has 0 heterocycles. The lowest BCUT2D eigenvalue weighted by atomic mass is 9.92. The lowest BCUT2D eigenvalue weighted by molar-refractivity contribution is 1.29. The maximum Gasteiger partial charge on any atom is 0.0991 e. The molecular weight excluding hydrogens is 388 g/mol. The molecule has 0 N–H and O–H groups in total. The fraction of sp³-hybridized carbons (Fsp3) is 0.0333. The quantitative estimate of drug-likeness (QED) is 0.276. The van der Waals surface area contributed by atoms with Crippen molar-refractivity contribution in [1.29, 1.82) is 5.26 Å². The third-order valence-corrected chi connectivity index (χ3v) is 6.19. The van der Waals surface area contributed by atoms with Crippen molar-refractivity contribution in [2.75, 3.05) is 4.90 Å². The van der Waals surface area contributed by atoms with Gasteiger partial charge in [0.05, 0.1) is 11.6 Å². The molecule has 6 rings (SSSR count). The van der Waals surface area contributed by atoms with Gasteiger partial charge in [-0.05, 0) is 93.3 Å². The Morgan fingerprint density at radius 2 is 1.06 bits per heavy atom. The van der Waals surface area contributed by atoms with Crippen LogP contribution in [0.5, 0.6) is 0 Å². The minimum Gasteiger partial charge on any atom is -0.310 e. The zero-order valence-electron chi connectivity index (χ0n) is 17.7. The number of hydrogen-bond donors (Lipinski definition) is 0. The van der Waals surface area contributed by atoms with Crippen molar-refractivity contribution in [2.45, 2.75) is 6.92 Å². The highest BCUT2D eigenvalue weighted by Crippen LogP contribution is 2.41. The fourth-order valence-corrected chi connectivity index (χ4v) is 4.82. The van der Waals surface area contributed by atoms with Gasteiger partial charge in [0.15, 0.2) is 0 Å². The Labute approximate surface area is 186 Å². The largest absolute Gasteiger partial charge is 0.310 e. The van der Waals surface area contributed by atoms with Crippen LogP contribution in [0.1, 0.15) is 11.1 Å². The number of anilines is 3. The van der Waals surface area contributed by atoms with Crippen molar-refractivity contribution in [3.05, 3.63) is 114 Å². The van der Waals surface area contributed by atoms with Crippen LogP contribution in [0.15, 0.2) is 103 Å². The third-order valence-electron chi connectivity index (χ3n) is 6.19. The lowest BCUT2D eigenvalue weighted by Crippen LogP contribution is -2.10. The fourth-order valence-electron chi connectivity index (χ4n) is 4.82. The lowest BCUT2D eigenvalue weighted by Gasteiger charge is -2.26. The van der Waals surface area contributed by atoms with Crippen LogP contribution in [0.2, 0.25) is 0 Å². The average Bonchev–Trinajstić information content (AvgIpc) is 2.83. The molecule has 0 spiro atoms. The highest BCUT2D eigenvalue weighted by Gasteiger charge is 2.16. The second-order valence-electron chi connectivity index (χ2n) is 8.31. The Morgan fingerprint density at radius 3 is 1.59 bits per heavy atom. The van der Waals surface area contributed by atoms with Crippen molar-refractivity contribution < 1.29 is 0 Å². The monoisotopic (exact) mass is 408 g/mol. The number of hydrogen-bond acceptors (Lipinski definition) is 2. The summed E-state index contributed by atoms with van der Waals surface area (Å²) in [5.41, 5.74) is 5.16. The Balaban J connectivity index is 1.62. The zero-order chi connectivity index (χ0) is 21.7. The van der Waals surface area contributed by atoms with Crippen LogP contribution in [0, 0.1) is 18.3 Å². The van der Waals surface area contributed by atoms with Crippen molar-refractivity contribution in [3.63, 3.8) is 0 Å². The van der Waals surface area contributed by atoms with Gasteiger partial charge < -0.3 is 4.90 Å². The molecule has 32 heavy (non-hydrogen) atoms. The van der Waals surface area contributed by atoms with E-state index in [2.05, 4.69) is 90.7 Å². The highest BCUT2D eigenvalue weighted by molar-refractivity contribution is 6.24. The van der Waals surface area contributed by atoms with Gasteiger partial charge in [-0.2, -0.15) is 5.26 Å². The Hall–Kier alpha value is -4.35. The van der Waals surface area contributed by atoms with Crippen molar-refractivity contribution in [1.82, 2.24) is 0 Å². The molecule has 2 heteroatoms. The molecule has 0 aliphatic heterocycles. The van der Waals surface area contributed by atoms with Crippen LogP contribution in [0.25, 0.3) is 32.3 Å². The van der Waals surface area contributed by atoms with E-state index in [1.807, 2.05) is 30.3 Å². The smallest absolute Gasteiger partial charge is 0.0991 e. The summed E-state index contributed by atoms with van der Waals surface area (Å²) < 4.78 is 0. The van der Waals surface area contributed by atoms with Crippen LogP contribution >= 0.6 is 0 Å². The predicted octanol–water partition coefficient (Wildman–Crippen LogP) is 8.23. The van der Waals surface area contributed by atoms with E-state index in [1.54, 1.807) is 0 Å². The molecule has 0 saturated carbocycles. The Morgan fingerprint density at radius 1 is 0.562 bits per heavy atom. The zero-order valence-corrected chi connectivity index (χ0v) is 17.7. The average molecular weight is 409 g/mol. The number of aryl methyl sites for hydroxylation is 1. The normalized spacial score (nSPS) is 11.2. The van der Waals surface area contributed by atoms with Crippen LogP contribution in [0.4, 0.5) is 17.1 Å². The maximum atomic E-state index is 9.23. The summed E-state index contributed by atoms with van der Waals surface area (Å²) in [7, 11) is 0. The van der Waals surface area contributed by atoms with Gasteiger partial charge in [0.25, 0.3) is 0 Å². The van der Waals surface area contributed by atoms with E-state index in [1.165, 1.54) is 37.9 Å². The molecule has 0 aliphatic rings. The number of nitriles is 1. The molecule has 0 fully saturated rings. The van der Waals surface area contributed by atoms with Gasteiger partial charge in [-0.25, -0.2) is 0 Å². The molecule has 0 radical (unpaired) electrons. The second-order valence-corrected chi connectivity index (χ2v) is 8.31. The molecule has 0 saturated heterocycles. The summed E-state index contributed by atoms with van der Waals surface area (Å²) in [4.78, 5) is 2.25. The van der Waals surface area contributed by atoms with E-state index >= 15 is 0 Å². The third kappa shape index (κ3) is 2.87. The molecule has 6 aromatic carbocycles. The van der Waals surface area contributed by atoms with Gasteiger partial charge in [-0.15, -0.1) is 0 Å². The Kier molecular flexibility index (Phi) is 4.09. The van der Waals surface area contributed by atoms with E-state index < -0.39 is 0 Å². The molecule has 150 valence electrons. The first kappa shape index (κ1) is 18.4.